The number of pyridine rings is 1. The van der Waals surface area contributed by atoms with Gasteiger partial charge in [-0.25, -0.2) is 9.18 Å². The zero-order valence-electron chi connectivity index (χ0n) is 10.7. The molecule has 2 aromatic rings. The standard InChI is InChI=1S/C14H11FN2O4/c15-9-4-1-2-5-10(9)16-12(18)8-17-11(14(20)21)6-3-7-13(17)19/h1-7H,8H2,(H,16,18)(H,20,21). The van der Waals surface area contributed by atoms with Gasteiger partial charge in [0.25, 0.3) is 5.56 Å². The maximum absolute atomic E-state index is 13.4. The minimum absolute atomic E-state index is 0.0386. The third kappa shape index (κ3) is 3.33. The highest BCUT2D eigenvalue weighted by Crippen LogP contribution is 2.12. The van der Waals surface area contributed by atoms with Crippen molar-refractivity contribution in [2.75, 3.05) is 5.32 Å². The maximum Gasteiger partial charge on any atom is 0.352 e. The van der Waals surface area contributed by atoms with Gasteiger partial charge in [0.05, 0.1) is 5.69 Å². The van der Waals surface area contributed by atoms with Crippen molar-refractivity contribution in [3.63, 3.8) is 0 Å². The molecule has 0 bridgehead atoms. The van der Waals surface area contributed by atoms with Crippen molar-refractivity contribution in [3.05, 3.63) is 64.3 Å². The molecule has 0 saturated carbocycles. The number of aromatic carboxylic acids is 1. The molecule has 0 radical (unpaired) electrons. The van der Waals surface area contributed by atoms with Crippen LogP contribution in [0.4, 0.5) is 10.1 Å². The third-order valence-corrected chi connectivity index (χ3v) is 2.72. The SMILES string of the molecule is O=C(Cn1c(C(=O)O)cccc1=O)Nc1ccccc1F. The van der Waals surface area contributed by atoms with Crippen molar-refractivity contribution in [1.82, 2.24) is 4.57 Å². The van der Waals surface area contributed by atoms with E-state index in [1.165, 1.54) is 36.4 Å². The first-order chi connectivity index (χ1) is 9.99. The van der Waals surface area contributed by atoms with Crippen molar-refractivity contribution >= 4 is 17.6 Å². The lowest BCUT2D eigenvalue weighted by Gasteiger charge is -2.10. The van der Waals surface area contributed by atoms with E-state index >= 15 is 0 Å². The molecular weight excluding hydrogens is 279 g/mol. The molecule has 6 nitrogen and oxygen atoms in total. The Bertz CT molecular complexity index is 755. The second-order valence-corrected chi connectivity index (χ2v) is 4.17. The Morgan fingerprint density at radius 3 is 2.52 bits per heavy atom. The van der Waals surface area contributed by atoms with Crippen LogP contribution in [0, 0.1) is 5.82 Å². The second kappa shape index (κ2) is 6.00. The number of carboxylic acids is 1. The van der Waals surface area contributed by atoms with Gasteiger partial charge in [-0.15, -0.1) is 0 Å². The number of carboxylic acid groups (broad SMARTS) is 1. The van der Waals surface area contributed by atoms with Crippen LogP contribution < -0.4 is 10.9 Å². The normalized spacial score (nSPS) is 10.1. The molecule has 0 aliphatic heterocycles. The number of nitrogens with one attached hydrogen (secondary N) is 1. The number of anilines is 1. The van der Waals surface area contributed by atoms with Crippen LogP contribution in [0.15, 0.2) is 47.3 Å². The van der Waals surface area contributed by atoms with Crippen LogP contribution in [0.25, 0.3) is 0 Å². The van der Waals surface area contributed by atoms with Gasteiger partial charge in [-0.3, -0.25) is 14.2 Å². The van der Waals surface area contributed by atoms with Gasteiger partial charge >= 0.3 is 5.97 Å². The Kier molecular flexibility index (Phi) is 4.13. The van der Waals surface area contributed by atoms with E-state index in [1.807, 2.05) is 0 Å². The summed E-state index contributed by atoms with van der Waals surface area (Å²) >= 11 is 0. The van der Waals surface area contributed by atoms with Crippen LogP contribution in [0.5, 0.6) is 0 Å². The van der Waals surface area contributed by atoms with Crippen LogP contribution in [-0.4, -0.2) is 21.6 Å². The van der Waals surface area contributed by atoms with Crippen molar-refractivity contribution in [2.45, 2.75) is 6.54 Å². The number of para-hydroxylation sites is 1. The molecule has 0 atom stereocenters. The van der Waals surface area contributed by atoms with Crippen LogP contribution in [0.1, 0.15) is 10.5 Å². The van der Waals surface area contributed by atoms with E-state index in [4.69, 9.17) is 5.11 Å². The van der Waals surface area contributed by atoms with Crippen LogP contribution >= 0.6 is 0 Å². The number of rotatable bonds is 4. The highest BCUT2D eigenvalue weighted by atomic mass is 19.1. The average Bonchev–Trinajstić information content (AvgIpc) is 2.43. The first-order valence-electron chi connectivity index (χ1n) is 5.96. The Balaban J connectivity index is 2.23. The Labute approximate surface area is 118 Å². The highest BCUT2D eigenvalue weighted by Gasteiger charge is 2.14. The minimum Gasteiger partial charge on any atom is -0.477 e. The summed E-state index contributed by atoms with van der Waals surface area (Å²) in [5.74, 6) is -2.65. The summed E-state index contributed by atoms with van der Waals surface area (Å²) in [5.41, 5.74) is -0.979. The summed E-state index contributed by atoms with van der Waals surface area (Å²) in [4.78, 5) is 34.5. The fourth-order valence-electron chi connectivity index (χ4n) is 1.77. The lowest BCUT2D eigenvalue weighted by molar-refractivity contribution is -0.116. The van der Waals surface area contributed by atoms with Crippen molar-refractivity contribution in [1.29, 1.82) is 0 Å². The van der Waals surface area contributed by atoms with Crippen molar-refractivity contribution in [2.24, 2.45) is 0 Å². The smallest absolute Gasteiger partial charge is 0.352 e. The van der Waals surface area contributed by atoms with E-state index in [2.05, 4.69) is 5.32 Å². The van der Waals surface area contributed by atoms with Crippen molar-refractivity contribution < 1.29 is 19.1 Å². The molecule has 0 fully saturated rings. The number of nitrogens with zero attached hydrogens (tertiary/aromatic N) is 1. The van der Waals surface area contributed by atoms with Crippen molar-refractivity contribution in [3.8, 4) is 0 Å². The number of aromatic nitrogens is 1. The zero-order chi connectivity index (χ0) is 15.4. The molecule has 21 heavy (non-hydrogen) atoms. The van der Waals surface area contributed by atoms with Gasteiger partial charge in [0.15, 0.2) is 0 Å². The summed E-state index contributed by atoms with van der Waals surface area (Å²) in [6.07, 6.45) is 0. The summed E-state index contributed by atoms with van der Waals surface area (Å²) in [6, 6.07) is 9.18. The summed E-state index contributed by atoms with van der Waals surface area (Å²) in [6.45, 7) is -0.518. The van der Waals surface area contributed by atoms with Gasteiger partial charge in [-0.2, -0.15) is 0 Å². The molecule has 1 heterocycles. The fraction of sp³-hybridized carbons (Fsp3) is 0.0714. The largest absolute Gasteiger partial charge is 0.477 e. The molecule has 2 N–H and O–H groups in total. The van der Waals surface area contributed by atoms with Crippen LogP contribution in [0.2, 0.25) is 0 Å². The second-order valence-electron chi connectivity index (χ2n) is 4.17. The number of halogens is 1. The van der Waals surface area contributed by atoms with Gasteiger partial charge in [0.1, 0.15) is 18.1 Å². The van der Waals surface area contributed by atoms with E-state index < -0.39 is 29.8 Å². The van der Waals surface area contributed by atoms with Gasteiger partial charge in [-0.05, 0) is 18.2 Å². The molecule has 0 aliphatic rings. The number of hydrogen-bond donors (Lipinski definition) is 2. The quantitative estimate of drug-likeness (QED) is 0.889. The molecule has 1 aromatic carbocycles. The molecule has 2 rings (SSSR count). The van der Waals surface area contributed by atoms with Gasteiger partial charge in [-0.1, -0.05) is 18.2 Å². The molecule has 0 aliphatic carbocycles. The molecule has 1 aromatic heterocycles. The third-order valence-electron chi connectivity index (χ3n) is 2.72. The predicted octanol–water partition coefficient (Wildman–Crippen LogP) is 1.32. The minimum atomic E-state index is -1.33. The number of benzene rings is 1. The van der Waals surface area contributed by atoms with Crippen LogP contribution in [-0.2, 0) is 11.3 Å². The van der Waals surface area contributed by atoms with E-state index in [0.29, 0.717) is 0 Å². The topological polar surface area (TPSA) is 88.4 Å². The first kappa shape index (κ1) is 14.4. The first-order valence-corrected chi connectivity index (χ1v) is 5.96. The van der Waals surface area contributed by atoms with E-state index in [1.54, 1.807) is 0 Å². The molecule has 0 spiro atoms. The Morgan fingerprint density at radius 2 is 1.86 bits per heavy atom. The molecule has 7 heteroatoms. The van der Waals surface area contributed by atoms with E-state index in [9.17, 15) is 18.8 Å². The summed E-state index contributed by atoms with van der Waals surface area (Å²) in [5, 5.41) is 11.3. The average molecular weight is 290 g/mol. The van der Waals surface area contributed by atoms with Crippen LogP contribution in [0.3, 0.4) is 0 Å². The Morgan fingerprint density at radius 1 is 1.14 bits per heavy atom. The molecule has 1 amide bonds. The monoisotopic (exact) mass is 290 g/mol. The van der Waals surface area contributed by atoms with E-state index in [-0.39, 0.29) is 11.4 Å². The highest BCUT2D eigenvalue weighted by molar-refractivity contribution is 5.92. The lowest BCUT2D eigenvalue weighted by Crippen LogP contribution is -2.31. The number of hydrogen-bond acceptors (Lipinski definition) is 3. The molecule has 0 unspecified atom stereocenters. The van der Waals surface area contributed by atoms with Gasteiger partial charge in [0, 0.05) is 6.07 Å². The van der Waals surface area contributed by atoms with Gasteiger partial charge in [0.2, 0.25) is 5.91 Å². The lowest BCUT2D eigenvalue weighted by atomic mass is 10.3. The summed E-state index contributed by atoms with van der Waals surface area (Å²) < 4.78 is 14.2. The maximum atomic E-state index is 13.4. The van der Waals surface area contributed by atoms with Gasteiger partial charge < -0.3 is 10.4 Å². The fourth-order valence-corrected chi connectivity index (χ4v) is 1.77. The zero-order valence-corrected chi connectivity index (χ0v) is 10.7. The molecular formula is C14H11FN2O4. The number of carbonyl (C=O) groups is 2. The number of amides is 1. The molecule has 108 valence electrons. The molecule has 0 saturated heterocycles. The predicted molar refractivity (Wildman–Crippen MR) is 72.7 cm³/mol. The summed E-state index contributed by atoms with van der Waals surface area (Å²) in [7, 11) is 0. The van der Waals surface area contributed by atoms with E-state index in [0.717, 1.165) is 10.6 Å². The number of carbonyl (C=O) groups excluding carboxylic acids is 1. The Hall–Kier alpha value is -2.96.